The van der Waals surface area contributed by atoms with Crippen LogP contribution in [0.2, 0.25) is 0 Å². The summed E-state index contributed by atoms with van der Waals surface area (Å²) in [7, 11) is 0. The van der Waals surface area contributed by atoms with Crippen LogP contribution in [0.1, 0.15) is 37.9 Å². The number of amides is 1. The van der Waals surface area contributed by atoms with Gasteiger partial charge in [0.05, 0.1) is 16.9 Å². The summed E-state index contributed by atoms with van der Waals surface area (Å²) in [6, 6.07) is 7.92. The third-order valence-corrected chi connectivity index (χ3v) is 6.08. The van der Waals surface area contributed by atoms with Crippen LogP contribution >= 0.6 is 0 Å². The average Bonchev–Trinajstić information content (AvgIpc) is 2.82. The lowest BCUT2D eigenvalue weighted by Gasteiger charge is -2.35. The highest BCUT2D eigenvalue weighted by Gasteiger charge is 2.43. The molecular formula is C19H21N3O2. The Bertz CT molecular complexity index is 884. The zero-order valence-corrected chi connectivity index (χ0v) is 13.6. The van der Waals surface area contributed by atoms with Gasteiger partial charge in [-0.05, 0) is 37.8 Å². The highest BCUT2D eigenvalue weighted by atomic mass is 16.2. The third kappa shape index (κ3) is 1.96. The van der Waals surface area contributed by atoms with E-state index in [1.54, 1.807) is 0 Å². The van der Waals surface area contributed by atoms with Crippen molar-refractivity contribution in [1.82, 2.24) is 14.5 Å². The normalized spacial score (nSPS) is 26.1. The van der Waals surface area contributed by atoms with Crippen LogP contribution in [0.5, 0.6) is 0 Å². The molecule has 1 aliphatic carbocycles. The molecule has 5 nitrogen and oxygen atoms in total. The van der Waals surface area contributed by atoms with Crippen molar-refractivity contribution in [3.8, 4) is 0 Å². The molecule has 2 aliphatic heterocycles. The lowest BCUT2D eigenvalue weighted by molar-refractivity contribution is -0.141. The molecule has 2 fully saturated rings. The molecule has 3 heterocycles. The number of fused-ring (bicyclic) bond motifs is 4. The molecule has 2 atom stereocenters. The number of nitrogens with zero attached hydrogens (tertiary/aromatic N) is 3. The zero-order valence-electron chi connectivity index (χ0n) is 13.6. The van der Waals surface area contributed by atoms with Crippen molar-refractivity contribution in [3.63, 3.8) is 0 Å². The van der Waals surface area contributed by atoms with Gasteiger partial charge >= 0.3 is 0 Å². The Labute approximate surface area is 140 Å². The molecule has 3 aliphatic rings. The number of carbonyl (C=O) groups excluding carboxylic acids is 1. The fraction of sp³-hybridized carbons (Fsp3) is 0.526. The average molecular weight is 323 g/mol. The molecule has 1 aromatic heterocycles. The minimum atomic E-state index is 0.0409. The molecule has 2 aromatic rings. The lowest BCUT2D eigenvalue weighted by Crippen LogP contribution is -2.46. The molecular weight excluding hydrogens is 302 g/mol. The summed E-state index contributed by atoms with van der Waals surface area (Å²) in [6.07, 6.45) is 5.97. The van der Waals surface area contributed by atoms with E-state index in [1.807, 2.05) is 28.8 Å². The van der Waals surface area contributed by atoms with E-state index < -0.39 is 0 Å². The predicted octanol–water partition coefficient (Wildman–Crippen LogP) is 2.11. The largest absolute Gasteiger partial charge is 0.334 e. The molecule has 1 saturated carbocycles. The molecule has 0 unspecified atom stereocenters. The third-order valence-electron chi connectivity index (χ3n) is 6.08. The fourth-order valence-corrected chi connectivity index (χ4v) is 4.55. The van der Waals surface area contributed by atoms with E-state index in [1.165, 1.54) is 6.42 Å². The fourth-order valence-electron chi connectivity index (χ4n) is 4.55. The van der Waals surface area contributed by atoms with E-state index in [4.69, 9.17) is 4.98 Å². The second-order valence-electron chi connectivity index (χ2n) is 7.42. The SMILES string of the molecule is O=C(C1CCC1)N1[C@@H]2CC[C@H]1Cn1c(nc3ccccc3c1=O)C2. The summed E-state index contributed by atoms with van der Waals surface area (Å²) in [5.74, 6) is 1.38. The number of para-hydroxylation sites is 1. The summed E-state index contributed by atoms with van der Waals surface area (Å²) in [6.45, 7) is 0.598. The van der Waals surface area contributed by atoms with Crippen molar-refractivity contribution in [1.29, 1.82) is 0 Å². The van der Waals surface area contributed by atoms with E-state index in [-0.39, 0.29) is 23.6 Å². The van der Waals surface area contributed by atoms with Crippen LogP contribution in [0.4, 0.5) is 0 Å². The maximum atomic E-state index is 12.9. The molecule has 1 amide bonds. The number of carbonyl (C=O) groups is 1. The first-order chi connectivity index (χ1) is 11.7. The van der Waals surface area contributed by atoms with Gasteiger partial charge in [0.1, 0.15) is 5.82 Å². The van der Waals surface area contributed by atoms with Crippen LogP contribution in [0.25, 0.3) is 10.9 Å². The molecule has 5 rings (SSSR count). The summed E-state index contributed by atoms with van der Waals surface area (Å²) in [5, 5.41) is 0.677. The topological polar surface area (TPSA) is 55.2 Å². The standard InChI is InChI=1S/C19H21N3O2/c23-18(12-4-3-5-12)22-13-8-9-14(22)11-21-17(10-13)20-16-7-2-1-6-15(16)19(21)24/h1-2,6-7,12-14H,3-5,8-11H2/t13-,14+/m1/s1. The number of hydrogen-bond donors (Lipinski definition) is 0. The van der Waals surface area contributed by atoms with Gasteiger partial charge in [0.25, 0.3) is 5.56 Å². The summed E-state index contributed by atoms with van der Waals surface area (Å²) in [4.78, 5) is 32.6. The first-order valence-corrected chi connectivity index (χ1v) is 9.03. The molecule has 0 radical (unpaired) electrons. The monoisotopic (exact) mass is 323 g/mol. The Morgan fingerprint density at radius 2 is 1.88 bits per heavy atom. The minimum Gasteiger partial charge on any atom is -0.334 e. The molecule has 0 spiro atoms. The molecule has 124 valence electrons. The molecule has 1 aromatic carbocycles. The van der Waals surface area contributed by atoms with Gasteiger partial charge in [-0.1, -0.05) is 18.6 Å². The Hall–Kier alpha value is -2.17. The van der Waals surface area contributed by atoms with Gasteiger partial charge in [0.2, 0.25) is 5.91 Å². The van der Waals surface area contributed by atoms with Gasteiger partial charge in [-0.2, -0.15) is 0 Å². The molecule has 1 saturated heterocycles. The number of rotatable bonds is 1. The first-order valence-electron chi connectivity index (χ1n) is 9.03. The zero-order chi connectivity index (χ0) is 16.3. The summed E-state index contributed by atoms with van der Waals surface area (Å²) >= 11 is 0. The van der Waals surface area contributed by atoms with E-state index in [0.717, 1.165) is 37.0 Å². The van der Waals surface area contributed by atoms with Gasteiger partial charge in [0, 0.05) is 24.9 Å². The Kier molecular flexibility index (Phi) is 3.05. The van der Waals surface area contributed by atoms with Crippen LogP contribution in [-0.4, -0.2) is 32.4 Å². The number of aromatic nitrogens is 2. The molecule has 24 heavy (non-hydrogen) atoms. The van der Waals surface area contributed by atoms with Gasteiger partial charge in [0.15, 0.2) is 0 Å². The maximum Gasteiger partial charge on any atom is 0.261 e. The Morgan fingerprint density at radius 3 is 2.67 bits per heavy atom. The number of benzene rings is 1. The Morgan fingerprint density at radius 1 is 1.08 bits per heavy atom. The molecule has 2 bridgehead atoms. The second kappa shape index (κ2) is 5.16. The van der Waals surface area contributed by atoms with Crippen molar-refractivity contribution < 1.29 is 4.79 Å². The second-order valence-corrected chi connectivity index (χ2v) is 7.42. The quantitative estimate of drug-likeness (QED) is 0.808. The van der Waals surface area contributed by atoms with E-state index >= 15 is 0 Å². The van der Waals surface area contributed by atoms with Gasteiger partial charge < -0.3 is 4.90 Å². The van der Waals surface area contributed by atoms with Crippen LogP contribution in [0.15, 0.2) is 29.1 Å². The Balaban J connectivity index is 1.58. The van der Waals surface area contributed by atoms with E-state index in [9.17, 15) is 9.59 Å². The van der Waals surface area contributed by atoms with Crippen molar-refractivity contribution >= 4 is 16.8 Å². The van der Waals surface area contributed by atoms with Crippen LogP contribution in [0, 0.1) is 5.92 Å². The first kappa shape index (κ1) is 14.2. The van der Waals surface area contributed by atoms with Crippen molar-refractivity contribution in [2.24, 2.45) is 5.92 Å². The highest BCUT2D eigenvalue weighted by molar-refractivity contribution is 5.81. The van der Waals surface area contributed by atoms with Crippen LogP contribution in [0.3, 0.4) is 0 Å². The summed E-state index contributed by atoms with van der Waals surface area (Å²) < 4.78 is 1.83. The van der Waals surface area contributed by atoms with E-state index in [2.05, 4.69) is 4.90 Å². The van der Waals surface area contributed by atoms with Crippen molar-refractivity contribution in [2.75, 3.05) is 0 Å². The molecule has 5 heteroatoms. The number of hydrogen-bond acceptors (Lipinski definition) is 3. The van der Waals surface area contributed by atoms with Crippen molar-refractivity contribution in [3.05, 3.63) is 40.4 Å². The van der Waals surface area contributed by atoms with Crippen molar-refractivity contribution in [2.45, 2.75) is 57.2 Å². The van der Waals surface area contributed by atoms with Gasteiger partial charge in [-0.15, -0.1) is 0 Å². The van der Waals surface area contributed by atoms with Gasteiger partial charge in [-0.25, -0.2) is 4.98 Å². The van der Waals surface area contributed by atoms with Crippen LogP contribution < -0.4 is 5.56 Å². The van der Waals surface area contributed by atoms with Gasteiger partial charge in [-0.3, -0.25) is 14.2 Å². The predicted molar refractivity (Wildman–Crippen MR) is 90.7 cm³/mol. The summed E-state index contributed by atoms with van der Waals surface area (Å²) in [5.41, 5.74) is 0.808. The maximum absolute atomic E-state index is 12.9. The van der Waals surface area contributed by atoms with E-state index in [0.29, 0.717) is 24.3 Å². The highest BCUT2D eigenvalue weighted by Crippen LogP contribution is 2.36. The smallest absolute Gasteiger partial charge is 0.261 e. The lowest BCUT2D eigenvalue weighted by atomic mass is 9.84. The van der Waals surface area contributed by atoms with Crippen LogP contribution in [-0.2, 0) is 17.8 Å². The molecule has 0 N–H and O–H groups in total. The minimum absolute atomic E-state index is 0.0409.